The topological polar surface area (TPSA) is 27.7 Å². The zero-order chi connectivity index (χ0) is 18.4. The molecule has 3 rings (SSSR count). The Morgan fingerprint density at radius 3 is 2.46 bits per heavy atom. The molecule has 1 aliphatic rings. The van der Waals surface area contributed by atoms with E-state index in [1.54, 1.807) is 14.2 Å². The van der Waals surface area contributed by atoms with E-state index >= 15 is 0 Å². The Kier molecular flexibility index (Phi) is 6.61. The quantitative estimate of drug-likeness (QED) is 0.380. The summed E-state index contributed by atoms with van der Waals surface area (Å²) in [6.45, 7) is 0.652. The molecule has 0 amide bonds. The lowest BCUT2D eigenvalue weighted by atomic mass is 9.93. The Hall–Kier alpha value is -1.95. The number of ether oxygens (including phenoxy) is 3. The first-order valence-electron chi connectivity index (χ1n) is 8.69. The molecule has 26 heavy (non-hydrogen) atoms. The molecule has 0 heterocycles. The number of alkyl halides is 1. The zero-order valence-electron chi connectivity index (χ0n) is 15.1. The SMILES string of the molecule is COC1=C(c2cccc(-c3ccccc3OC)c2OCCI)C=CCC1. The summed E-state index contributed by atoms with van der Waals surface area (Å²) in [5.41, 5.74) is 4.22. The molecule has 2 aromatic rings. The molecule has 0 bridgehead atoms. The predicted molar refractivity (Wildman–Crippen MR) is 115 cm³/mol. The molecule has 0 atom stereocenters. The van der Waals surface area contributed by atoms with Crippen LogP contribution in [-0.4, -0.2) is 25.3 Å². The molecule has 2 aromatic carbocycles. The maximum absolute atomic E-state index is 6.23. The fourth-order valence-electron chi connectivity index (χ4n) is 3.22. The van der Waals surface area contributed by atoms with Crippen LogP contribution in [0.4, 0.5) is 0 Å². The number of rotatable bonds is 7. The van der Waals surface area contributed by atoms with E-state index in [0.717, 1.165) is 56.8 Å². The first-order valence-corrected chi connectivity index (χ1v) is 10.2. The Balaban J connectivity index is 2.20. The van der Waals surface area contributed by atoms with E-state index < -0.39 is 0 Å². The molecule has 136 valence electrons. The van der Waals surface area contributed by atoms with Crippen LogP contribution in [0.3, 0.4) is 0 Å². The van der Waals surface area contributed by atoms with Crippen LogP contribution < -0.4 is 9.47 Å². The average Bonchev–Trinajstić information content (AvgIpc) is 2.71. The molecule has 0 saturated heterocycles. The summed E-state index contributed by atoms with van der Waals surface area (Å²) in [6.07, 6.45) is 6.24. The van der Waals surface area contributed by atoms with Crippen LogP contribution in [0.15, 0.2) is 60.4 Å². The fourth-order valence-corrected chi connectivity index (χ4v) is 3.44. The Morgan fingerprint density at radius 2 is 1.69 bits per heavy atom. The maximum atomic E-state index is 6.23. The van der Waals surface area contributed by atoms with Crippen molar-refractivity contribution in [2.45, 2.75) is 12.8 Å². The molecule has 0 saturated carbocycles. The van der Waals surface area contributed by atoms with Crippen molar-refractivity contribution in [1.29, 1.82) is 0 Å². The van der Waals surface area contributed by atoms with Crippen molar-refractivity contribution in [3.63, 3.8) is 0 Å². The molecule has 0 radical (unpaired) electrons. The molecule has 1 aliphatic carbocycles. The van der Waals surface area contributed by atoms with Gasteiger partial charge in [0.05, 0.1) is 20.8 Å². The second kappa shape index (κ2) is 9.12. The highest BCUT2D eigenvalue weighted by Crippen LogP contribution is 2.42. The van der Waals surface area contributed by atoms with Crippen molar-refractivity contribution in [1.82, 2.24) is 0 Å². The van der Waals surface area contributed by atoms with E-state index in [4.69, 9.17) is 14.2 Å². The lowest BCUT2D eigenvalue weighted by molar-refractivity contribution is 0.279. The van der Waals surface area contributed by atoms with Gasteiger partial charge in [-0.05, 0) is 12.5 Å². The molecule has 0 aromatic heterocycles. The molecular formula is C22H23IO3. The minimum absolute atomic E-state index is 0.652. The summed E-state index contributed by atoms with van der Waals surface area (Å²) in [4.78, 5) is 0. The smallest absolute Gasteiger partial charge is 0.135 e. The summed E-state index contributed by atoms with van der Waals surface area (Å²) in [7, 11) is 3.44. The Morgan fingerprint density at radius 1 is 0.923 bits per heavy atom. The van der Waals surface area contributed by atoms with Gasteiger partial charge in [0.15, 0.2) is 0 Å². The summed E-state index contributed by atoms with van der Waals surface area (Å²) in [5.74, 6) is 2.72. The van der Waals surface area contributed by atoms with E-state index in [9.17, 15) is 0 Å². The van der Waals surface area contributed by atoms with Crippen molar-refractivity contribution in [2.24, 2.45) is 0 Å². The van der Waals surface area contributed by atoms with E-state index in [0.29, 0.717) is 6.61 Å². The standard InChI is InChI=1S/C22H23IO3/c1-24-20-12-5-3-8-16(20)18-10-7-11-19(22(18)26-15-14-23)17-9-4-6-13-21(17)25-2/h3-5,7-12H,6,13-15H2,1-2H3. The summed E-state index contributed by atoms with van der Waals surface area (Å²) >= 11 is 2.33. The predicted octanol–water partition coefficient (Wildman–Crippen LogP) is 5.88. The Bertz CT molecular complexity index is 824. The van der Waals surface area contributed by atoms with Gasteiger partial charge in [-0.3, -0.25) is 0 Å². The highest BCUT2D eigenvalue weighted by Gasteiger charge is 2.20. The third-order valence-corrected chi connectivity index (χ3v) is 4.84. The van der Waals surface area contributed by atoms with Gasteiger partial charge in [-0.25, -0.2) is 0 Å². The van der Waals surface area contributed by atoms with Crippen LogP contribution in [0.1, 0.15) is 18.4 Å². The van der Waals surface area contributed by atoms with Crippen LogP contribution in [0, 0.1) is 0 Å². The second-order valence-corrected chi connectivity index (χ2v) is 6.98. The number of para-hydroxylation sites is 2. The Labute approximate surface area is 168 Å². The monoisotopic (exact) mass is 462 g/mol. The van der Waals surface area contributed by atoms with E-state index in [-0.39, 0.29) is 0 Å². The van der Waals surface area contributed by atoms with E-state index in [2.05, 4.69) is 59.0 Å². The summed E-state index contributed by atoms with van der Waals surface area (Å²) < 4.78 is 18.4. The van der Waals surface area contributed by atoms with Gasteiger partial charge in [0.2, 0.25) is 0 Å². The van der Waals surface area contributed by atoms with Crippen LogP contribution in [0.2, 0.25) is 0 Å². The number of methoxy groups -OCH3 is 2. The molecule has 0 unspecified atom stereocenters. The van der Waals surface area contributed by atoms with Crippen molar-refractivity contribution in [3.05, 3.63) is 65.9 Å². The zero-order valence-corrected chi connectivity index (χ0v) is 17.3. The van der Waals surface area contributed by atoms with Gasteiger partial charge in [0.25, 0.3) is 0 Å². The number of hydrogen-bond acceptors (Lipinski definition) is 3. The first kappa shape index (κ1) is 18.8. The summed E-state index contributed by atoms with van der Waals surface area (Å²) in [6, 6.07) is 14.3. The van der Waals surface area contributed by atoms with Crippen molar-refractivity contribution < 1.29 is 14.2 Å². The molecule has 0 aliphatic heterocycles. The minimum atomic E-state index is 0.652. The maximum Gasteiger partial charge on any atom is 0.135 e. The normalized spacial score (nSPS) is 13.7. The van der Waals surface area contributed by atoms with Crippen LogP contribution in [-0.2, 0) is 4.74 Å². The van der Waals surface area contributed by atoms with Gasteiger partial charge < -0.3 is 14.2 Å². The van der Waals surface area contributed by atoms with Gasteiger partial charge in [0, 0.05) is 33.1 Å². The second-order valence-electron chi connectivity index (χ2n) is 5.90. The van der Waals surface area contributed by atoms with Crippen LogP contribution >= 0.6 is 22.6 Å². The van der Waals surface area contributed by atoms with Crippen LogP contribution in [0.25, 0.3) is 16.7 Å². The molecule has 0 spiro atoms. The van der Waals surface area contributed by atoms with E-state index in [1.165, 1.54) is 0 Å². The minimum Gasteiger partial charge on any atom is -0.500 e. The average molecular weight is 462 g/mol. The number of allylic oxidation sites excluding steroid dienone is 4. The van der Waals surface area contributed by atoms with Crippen molar-refractivity contribution in [2.75, 3.05) is 25.3 Å². The summed E-state index contributed by atoms with van der Waals surface area (Å²) in [5, 5.41) is 0. The van der Waals surface area contributed by atoms with Crippen molar-refractivity contribution >= 4 is 28.2 Å². The largest absolute Gasteiger partial charge is 0.500 e. The number of halogens is 1. The molecular weight excluding hydrogens is 439 g/mol. The molecule has 4 heteroatoms. The van der Waals surface area contributed by atoms with Gasteiger partial charge in [0.1, 0.15) is 17.3 Å². The highest BCUT2D eigenvalue weighted by atomic mass is 127. The van der Waals surface area contributed by atoms with Gasteiger partial charge in [-0.1, -0.05) is 71.1 Å². The fraction of sp³-hybridized carbons (Fsp3) is 0.273. The van der Waals surface area contributed by atoms with E-state index in [1.807, 2.05) is 18.2 Å². The molecule has 0 fully saturated rings. The first-order chi connectivity index (χ1) is 12.8. The molecule has 0 N–H and O–H groups in total. The van der Waals surface area contributed by atoms with Crippen LogP contribution in [0.5, 0.6) is 11.5 Å². The lowest BCUT2D eigenvalue weighted by Gasteiger charge is -2.21. The highest BCUT2D eigenvalue weighted by molar-refractivity contribution is 14.1. The number of hydrogen-bond donors (Lipinski definition) is 0. The van der Waals surface area contributed by atoms with Gasteiger partial charge in [-0.2, -0.15) is 0 Å². The van der Waals surface area contributed by atoms with Crippen molar-refractivity contribution in [3.8, 4) is 22.6 Å². The third-order valence-electron chi connectivity index (χ3n) is 4.40. The molecule has 3 nitrogen and oxygen atoms in total. The third kappa shape index (κ3) is 3.90. The van der Waals surface area contributed by atoms with Gasteiger partial charge in [-0.15, -0.1) is 0 Å². The van der Waals surface area contributed by atoms with Gasteiger partial charge >= 0.3 is 0 Å². The number of benzene rings is 2. The lowest BCUT2D eigenvalue weighted by Crippen LogP contribution is -2.05.